The number of aryl methyl sites for hydroxylation is 1. The number of pyridine rings is 1. The fourth-order valence-electron chi connectivity index (χ4n) is 7.89. The molecule has 0 aliphatic carbocycles. The van der Waals surface area contributed by atoms with Gasteiger partial charge in [0.15, 0.2) is 11.6 Å². The number of halogens is 1. The van der Waals surface area contributed by atoms with Gasteiger partial charge in [-0.3, -0.25) is 9.88 Å². The zero-order valence-electron chi connectivity index (χ0n) is 29.9. The molecule has 12 heteroatoms. The van der Waals surface area contributed by atoms with Gasteiger partial charge in [0.2, 0.25) is 0 Å². The maximum absolute atomic E-state index is 16.9. The van der Waals surface area contributed by atoms with Crippen molar-refractivity contribution >= 4 is 33.3 Å². The maximum Gasteiger partial charge on any atom is 0.319 e. The number of ether oxygens (including phenoxy) is 1. The molecule has 3 atom stereocenters. The number of benzene rings is 2. The number of aromatic nitrogens is 4. The van der Waals surface area contributed by atoms with Crippen LogP contribution in [-0.4, -0.2) is 94.6 Å². The fourth-order valence-corrected chi connectivity index (χ4v) is 7.89. The molecular formula is C39H47FN8O3. The first-order valence-corrected chi connectivity index (χ1v) is 18.4. The van der Waals surface area contributed by atoms with Gasteiger partial charge in [-0.25, -0.2) is 4.39 Å². The molecule has 2 aromatic carbocycles. The Morgan fingerprint density at radius 1 is 1.02 bits per heavy atom. The lowest BCUT2D eigenvalue weighted by atomic mass is 9.95. The minimum atomic E-state index is -0.549. The molecule has 0 saturated carbocycles. The van der Waals surface area contributed by atoms with Crippen molar-refractivity contribution in [3.63, 3.8) is 0 Å². The lowest BCUT2D eigenvalue weighted by Crippen LogP contribution is -2.51. The highest BCUT2D eigenvalue weighted by atomic mass is 19.1. The number of aromatic hydroxyl groups is 1. The van der Waals surface area contributed by atoms with E-state index >= 15 is 4.39 Å². The molecule has 268 valence electrons. The van der Waals surface area contributed by atoms with E-state index in [1.54, 1.807) is 18.3 Å². The van der Waals surface area contributed by atoms with Gasteiger partial charge in [-0.05, 0) is 53.6 Å². The minimum absolute atomic E-state index is 0.0584. The van der Waals surface area contributed by atoms with Crippen LogP contribution in [0.1, 0.15) is 57.8 Å². The van der Waals surface area contributed by atoms with Crippen LogP contribution in [0.15, 0.2) is 47.1 Å². The summed E-state index contributed by atoms with van der Waals surface area (Å²) in [4.78, 5) is 21.1. The van der Waals surface area contributed by atoms with Gasteiger partial charge in [-0.15, -0.1) is 0 Å². The van der Waals surface area contributed by atoms with E-state index in [4.69, 9.17) is 14.2 Å². The summed E-state index contributed by atoms with van der Waals surface area (Å²) in [6.45, 7) is 14.6. The first-order valence-electron chi connectivity index (χ1n) is 18.4. The highest BCUT2D eigenvalue weighted by molar-refractivity contribution is 6.01. The van der Waals surface area contributed by atoms with Crippen LogP contribution < -0.4 is 19.9 Å². The topological polar surface area (TPSA) is 116 Å². The molecule has 51 heavy (non-hydrogen) atoms. The lowest BCUT2D eigenvalue weighted by molar-refractivity contribution is 0.192. The number of fused-ring (bicyclic) bond motifs is 4. The van der Waals surface area contributed by atoms with Gasteiger partial charge in [-0.2, -0.15) is 9.97 Å². The second kappa shape index (κ2) is 13.9. The van der Waals surface area contributed by atoms with Crippen LogP contribution in [0.5, 0.6) is 11.8 Å². The Balaban J connectivity index is 1.05. The summed E-state index contributed by atoms with van der Waals surface area (Å²) < 4.78 is 28.8. The van der Waals surface area contributed by atoms with Crippen LogP contribution in [0.3, 0.4) is 0 Å². The molecule has 2 N–H and O–H groups in total. The Bertz CT molecular complexity index is 2030. The lowest BCUT2D eigenvalue weighted by Gasteiger charge is -2.34. The molecule has 3 fully saturated rings. The summed E-state index contributed by atoms with van der Waals surface area (Å²) >= 11 is 0. The van der Waals surface area contributed by atoms with E-state index in [2.05, 4.69) is 68.9 Å². The molecule has 8 rings (SSSR count). The molecule has 5 aromatic rings. The van der Waals surface area contributed by atoms with E-state index in [-0.39, 0.29) is 23.0 Å². The van der Waals surface area contributed by atoms with Crippen molar-refractivity contribution in [3.05, 3.63) is 59.7 Å². The second-order valence-corrected chi connectivity index (χ2v) is 14.7. The van der Waals surface area contributed by atoms with Crippen molar-refractivity contribution in [3.8, 4) is 23.0 Å². The number of piperazine rings is 2. The van der Waals surface area contributed by atoms with Crippen molar-refractivity contribution in [2.24, 2.45) is 5.92 Å². The zero-order valence-corrected chi connectivity index (χ0v) is 29.9. The molecule has 3 aromatic heterocycles. The first-order chi connectivity index (χ1) is 24.7. The van der Waals surface area contributed by atoms with Gasteiger partial charge in [0.05, 0.1) is 5.39 Å². The van der Waals surface area contributed by atoms with Crippen molar-refractivity contribution in [2.75, 3.05) is 62.2 Å². The number of anilines is 2. The predicted octanol–water partition coefficient (Wildman–Crippen LogP) is 6.14. The normalized spacial score (nSPS) is 20.2. The average Bonchev–Trinajstić information content (AvgIpc) is 3.77. The van der Waals surface area contributed by atoms with Gasteiger partial charge < -0.3 is 29.5 Å². The van der Waals surface area contributed by atoms with Crippen LogP contribution in [0.25, 0.3) is 32.9 Å². The molecule has 0 radical (unpaired) electrons. The van der Waals surface area contributed by atoms with E-state index in [1.807, 2.05) is 18.2 Å². The van der Waals surface area contributed by atoms with Crippen molar-refractivity contribution in [1.82, 2.24) is 30.3 Å². The van der Waals surface area contributed by atoms with Gasteiger partial charge >= 0.3 is 6.01 Å². The van der Waals surface area contributed by atoms with Gasteiger partial charge in [0, 0.05) is 81.6 Å². The smallest absolute Gasteiger partial charge is 0.319 e. The number of nitrogens with zero attached hydrogens (tertiary/aromatic N) is 7. The molecule has 3 unspecified atom stereocenters. The predicted molar refractivity (Wildman–Crippen MR) is 197 cm³/mol. The summed E-state index contributed by atoms with van der Waals surface area (Å²) in [6, 6.07) is 12.2. The molecule has 6 heterocycles. The molecular weight excluding hydrogens is 647 g/mol. The zero-order chi connectivity index (χ0) is 35.2. The van der Waals surface area contributed by atoms with Gasteiger partial charge in [0.1, 0.15) is 35.1 Å². The van der Waals surface area contributed by atoms with Crippen molar-refractivity contribution in [1.29, 1.82) is 0 Å². The summed E-state index contributed by atoms with van der Waals surface area (Å²) in [5, 5.41) is 20.9. The van der Waals surface area contributed by atoms with Crippen LogP contribution in [0.2, 0.25) is 0 Å². The molecule has 3 saturated heterocycles. The van der Waals surface area contributed by atoms with E-state index in [0.717, 1.165) is 86.4 Å². The Morgan fingerprint density at radius 3 is 2.55 bits per heavy atom. The summed E-state index contributed by atoms with van der Waals surface area (Å²) in [6.07, 6.45) is 4.66. The average molecular weight is 695 g/mol. The molecule has 2 bridgehead atoms. The van der Waals surface area contributed by atoms with Gasteiger partial charge in [0.25, 0.3) is 0 Å². The second-order valence-electron chi connectivity index (χ2n) is 14.7. The van der Waals surface area contributed by atoms with Gasteiger partial charge in [-0.1, -0.05) is 51.1 Å². The number of phenols is 1. The third kappa shape index (κ3) is 6.55. The third-order valence-electron chi connectivity index (χ3n) is 11.1. The third-order valence-corrected chi connectivity index (χ3v) is 11.1. The standard InChI is InChI=1S/C39H47FN8O3/c1-5-25-7-6-8-26-17-29(49)18-30(34(25)26)36-35(40)37-31(20-41-36)38(48-21-27-9-10-28(22-48)42-27)44-39(43-37)50-16-15-46-11-13-47(14-12-46)33-19-32(51-45-33)24(4)23(2)3/h6-8,17-20,23-24,27-28,42,49H,5,9-16,21-22H2,1-4H3. The Labute approximate surface area is 297 Å². The highest BCUT2D eigenvalue weighted by Crippen LogP contribution is 2.39. The summed E-state index contributed by atoms with van der Waals surface area (Å²) in [5.41, 5.74) is 1.92. The van der Waals surface area contributed by atoms with Crippen molar-refractivity contribution < 1.29 is 18.8 Å². The van der Waals surface area contributed by atoms with E-state index < -0.39 is 5.82 Å². The Morgan fingerprint density at radius 2 is 1.80 bits per heavy atom. The highest BCUT2D eigenvalue weighted by Gasteiger charge is 2.34. The van der Waals surface area contributed by atoms with Crippen LogP contribution in [0, 0.1) is 11.7 Å². The molecule has 0 spiro atoms. The van der Waals surface area contributed by atoms with Crippen LogP contribution in [-0.2, 0) is 6.42 Å². The summed E-state index contributed by atoms with van der Waals surface area (Å²) in [7, 11) is 0. The summed E-state index contributed by atoms with van der Waals surface area (Å²) in [5.74, 6) is 2.79. The number of hydrogen-bond acceptors (Lipinski definition) is 11. The molecule has 0 amide bonds. The molecule has 11 nitrogen and oxygen atoms in total. The van der Waals surface area contributed by atoms with E-state index in [1.165, 1.54) is 0 Å². The minimum Gasteiger partial charge on any atom is -0.508 e. The Hall–Kier alpha value is -4.55. The maximum atomic E-state index is 16.9. The number of phenolic OH excluding ortho intramolecular Hbond substituents is 1. The largest absolute Gasteiger partial charge is 0.508 e. The molecule has 3 aliphatic heterocycles. The quantitative estimate of drug-likeness (QED) is 0.176. The SMILES string of the molecule is CCc1cccc2cc(O)cc(-c3ncc4c(N5CC6CCC(C5)N6)nc(OCCN5CCN(c6cc(C(C)C(C)C)on6)CC5)nc4c3F)c12. The van der Waals surface area contributed by atoms with Crippen LogP contribution in [0.4, 0.5) is 16.0 Å². The van der Waals surface area contributed by atoms with E-state index in [0.29, 0.717) is 53.8 Å². The number of hydrogen-bond donors (Lipinski definition) is 2. The van der Waals surface area contributed by atoms with Crippen LogP contribution >= 0.6 is 0 Å². The van der Waals surface area contributed by atoms with Crippen molar-refractivity contribution in [2.45, 2.75) is 65.0 Å². The van der Waals surface area contributed by atoms with E-state index in [9.17, 15) is 5.11 Å². The fraction of sp³-hybridized carbons (Fsp3) is 0.487. The first kappa shape index (κ1) is 33.6. The Kier molecular flexibility index (Phi) is 9.14. The molecule has 3 aliphatic rings. The number of rotatable bonds is 10. The monoisotopic (exact) mass is 694 g/mol. The number of nitrogens with one attached hydrogen (secondary N) is 1.